The van der Waals surface area contributed by atoms with Crippen LogP contribution in [0.2, 0.25) is 10.0 Å². The molecule has 18 heavy (non-hydrogen) atoms. The van der Waals surface area contributed by atoms with Gasteiger partial charge in [-0.3, -0.25) is 4.79 Å². The number of nitrogens with one attached hydrogen (secondary N) is 2. The zero-order valence-corrected chi connectivity index (χ0v) is 11.5. The van der Waals surface area contributed by atoms with E-state index in [9.17, 15) is 4.79 Å². The summed E-state index contributed by atoms with van der Waals surface area (Å²) in [7, 11) is 0. The third-order valence-corrected chi connectivity index (χ3v) is 4.01. The molecule has 1 aromatic rings. The van der Waals surface area contributed by atoms with Crippen LogP contribution in [0.3, 0.4) is 0 Å². The molecule has 1 heterocycles. The molecule has 2 N–H and O–H groups in total. The van der Waals surface area contributed by atoms with Gasteiger partial charge < -0.3 is 10.6 Å². The van der Waals surface area contributed by atoms with Crippen LogP contribution in [-0.4, -0.2) is 25.5 Å². The molecule has 0 aliphatic carbocycles. The van der Waals surface area contributed by atoms with Crippen molar-refractivity contribution in [1.82, 2.24) is 10.6 Å². The van der Waals surface area contributed by atoms with Gasteiger partial charge in [0.15, 0.2) is 0 Å². The molecule has 3 nitrogen and oxygen atoms in total. The van der Waals surface area contributed by atoms with Crippen molar-refractivity contribution >= 4 is 29.1 Å². The topological polar surface area (TPSA) is 41.1 Å². The quantitative estimate of drug-likeness (QED) is 0.892. The predicted octanol–water partition coefficient (Wildman–Crippen LogP) is 2.26. The van der Waals surface area contributed by atoms with E-state index >= 15 is 0 Å². The molecule has 1 aliphatic rings. The van der Waals surface area contributed by atoms with E-state index in [1.807, 2.05) is 12.1 Å². The number of carbonyl (C=O) groups excluding carboxylic acids is 1. The fraction of sp³-hybridized carbons (Fsp3) is 0.462. The summed E-state index contributed by atoms with van der Waals surface area (Å²) in [5, 5.41) is 7.25. The summed E-state index contributed by atoms with van der Waals surface area (Å²) in [6.07, 6.45) is 1.62. The largest absolute Gasteiger partial charge is 0.355 e. The maximum Gasteiger partial charge on any atom is 0.224 e. The van der Waals surface area contributed by atoms with Gasteiger partial charge in [0.05, 0.1) is 16.0 Å². The summed E-state index contributed by atoms with van der Waals surface area (Å²) in [6.45, 7) is 2.30. The highest BCUT2D eigenvalue weighted by atomic mass is 35.5. The van der Waals surface area contributed by atoms with Crippen LogP contribution >= 0.6 is 23.2 Å². The Morgan fingerprint density at radius 1 is 1.44 bits per heavy atom. The van der Waals surface area contributed by atoms with Gasteiger partial charge in [-0.1, -0.05) is 35.3 Å². The summed E-state index contributed by atoms with van der Waals surface area (Å²) in [4.78, 5) is 11.8. The second kappa shape index (κ2) is 6.41. The normalized spacial score (nSPS) is 18.9. The number of amides is 1. The highest BCUT2D eigenvalue weighted by Crippen LogP contribution is 2.25. The van der Waals surface area contributed by atoms with Crippen molar-refractivity contribution in [2.24, 2.45) is 5.92 Å². The first-order valence-electron chi connectivity index (χ1n) is 6.10. The van der Waals surface area contributed by atoms with E-state index in [-0.39, 0.29) is 11.8 Å². The van der Waals surface area contributed by atoms with Crippen LogP contribution in [0.1, 0.15) is 12.0 Å². The Labute approximate surface area is 117 Å². The molecule has 5 heteroatoms. The lowest BCUT2D eigenvalue weighted by Crippen LogP contribution is -2.33. The minimum atomic E-state index is 0.111. The summed E-state index contributed by atoms with van der Waals surface area (Å²) in [6, 6.07) is 5.56. The Morgan fingerprint density at radius 3 is 3.00 bits per heavy atom. The van der Waals surface area contributed by atoms with Crippen molar-refractivity contribution in [1.29, 1.82) is 0 Å². The van der Waals surface area contributed by atoms with Gasteiger partial charge in [-0.05, 0) is 31.0 Å². The SMILES string of the molecule is O=C(NCCc1cccc(Cl)c1Cl)C1CCNC1. The van der Waals surface area contributed by atoms with Crippen LogP contribution < -0.4 is 10.6 Å². The molecule has 98 valence electrons. The molecule has 0 bridgehead atoms. The Morgan fingerprint density at radius 2 is 2.28 bits per heavy atom. The fourth-order valence-electron chi connectivity index (χ4n) is 2.08. The zero-order chi connectivity index (χ0) is 13.0. The lowest BCUT2D eigenvalue weighted by Gasteiger charge is -2.10. The zero-order valence-electron chi connectivity index (χ0n) is 10.0. The van der Waals surface area contributed by atoms with Crippen LogP contribution in [0.25, 0.3) is 0 Å². The molecule has 1 unspecified atom stereocenters. The minimum Gasteiger partial charge on any atom is -0.355 e. The molecule has 0 spiro atoms. The van der Waals surface area contributed by atoms with E-state index in [2.05, 4.69) is 10.6 Å². The van der Waals surface area contributed by atoms with Crippen molar-refractivity contribution in [3.05, 3.63) is 33.8 Å². The Bertz CT molecular complexity index is 431. The predicted molar refractivity (Wildman–Crippen MR) is 74.2 cm³/mol. The van der Waals surface area contributed by atoms with Crippen molar-refractivity contribution in [2.75, 3.05) is 19.6 Å². The summed E-state index contributed by atoms with van der Waals surface area (Å²) in [5.41, 5.74) is 0.967. The van der Waals surface area contributed by atoms with Gasteiger partial charge in [-0.15, -0.1) is 0 Å². The van der Waals surface area contributed by atoms with Crippen molar-refractivity contribution in [3.8, 4) is 0 Å². The molecule has 0 saturated carbocycles. The van der Waals surface area contributed by atoms with Gasteiger partial charge in [0.1, 0.15) is 0 Å². The van der Waals surface area contributed by atoms with Gasteiger partial charge >= 0.3 is 0 Å². The molecule has 1 aromatic carbocycles. The third kappa shape index (κ3) is 3.37. The van der Waals surface area contributed by atoms with Crippen molar-refractivity contribution in [3.63, 3.8) is 0 Å². The molecule has 0 radical (unpaired) electrons. The molecule has 0 aromatic heterocycles. The third-order valence-electron chi connectivity index (χ3n) is 3.16. The average molecular weight is 287 g/mol. The van der Waals surface area contributed by atoms with E-state index in [0.717, 1.165) is 25.1 Å². The lowest BCUT2D eigenvalue weighted by atomic mass is 10.1. The molecule has 1 aliphatic heterocycles. The molecule has 1 atom stereocenters. The second-order valence-corrected chi connectivity index (χ2v) is 5.23. The second-order valence-electron chi connectivity index (χ2n) is 4.44. The van der Waals surface area contributed by atoms with E-state index < -0.39 is 0 Å². The number of halogens is 2. The first kappa shape index (κ1) is 13.7. The van der Waals surface area contributed by atoms with Gasteiger partial charge in [0, 0.05) is 13.1 Å². The number of benzene rings is 1. The molecule has 1 fully saturated rings. The smallest absolute Gasteiger partial charge is 0.224 e. The first-order chi connectivity index (χ1) is 8.68. The summed E-state index contributed by atoms with van der Waals surface area (Å²) in [5.74, 6) is 0.234. The van der Waals surface area contributed by atoms with Gasteiger partial charge in [-0.25, -0.2) is 0 Å². The Balaban J connectivity index is 1.81. The molecule has 1 amide bonds. The first-order valence-corrected chi connectivity index (χ1v) is 6.85. The van der Waals surface area contributed by atoms with E-state index in [1.54, 1.807) is 6.07 Å². The maximum absolute atomic E-state index is 11.8. The van der Waals surface area contributed by atoms with Crippen LogP contribution in [-0.2, 0) is 11.2 Å². The Kier molecular flexibility index (Phi) is 4.87. The molecule has 1 saturated heterocycles. The van der Waals surface area contributed by atoms with E-state index in [0.29, 0.717) is 23.0 Å². The highest BCUT2D eigenvalue weighted by molar-refractivity contribution is 6.42. The summed E-state index contributed by atoms with van der Waals surface area (Å²) >= 11 is 12.0. The minimum absolute atomic E-state index is 0.111. The summed E-state index contributed by atoms with van der Waals surface area (Å²) < 4.78 is 0. The fourth-order valence-corrected chi connectivity index (χ4v) is 2.50. The van der Waals surface area contributed by atoms with Crippen LogP contribution in [0.15, 0.2) is 18.2 Å². The van der Waals surface area contributed by atoms with Gasteiger partial charge in [0.2, 0.25) is 5.91 Å². The number of carbonyl (C=O) groups is 1. The van der Waals surface area contributed by atoms with Gasteiger partial charge in [-0.2, -0.15) is 0 Å². The standard InChI is InChI=1S/C13H16Cl2N2O/c14-11-3-1-2-9(12(11)15)5-7-17-13(18)10-4-6-16-8-10/h1-3,10,16H,4-8H2,(H,17,18). The monoisotopic (exact) mass is 286 g/mol. The van der Waals surface area contributed by atoms with Crippen LogP contribution in [0.4, 0.5) is 0 Å². The van der Waals surface area contributed by atoms with Crippen LogP contribution in [0.5, 0.6) is 0 Å². The highest BCUT2D eigenvalue weighted by Gasteiger charge is 2.21. The number of rotatable bonds is 4. The Hall–Kier alpha value is -0.770. The molecular formula is C13H16Cl2N2O. The van der Waals surface area contributed by atoms with E-state index in [1.165, 1.54) is 0 Å². The van der Waals surface area contributed by atoms with Crippen LogP contribution in [0, 0.1) is 5.92 Å². The number of hydrogen-bond donors (Lipinski definition) is 2. The van der Waals surface area contributed by atoms with E-state index in [4.69, 9.17) is 23.2 Å². The lowest BCUT2D eigenvalue weighted by molar-refractivity contribution is -0.124. The van der Waals surface area contributed by atoms with Crippen molar-refractivity contribution < 1.29 is 4.79 Å². The average Bonchev–Trinajstić information content (AvgIpc) is 2.88. The number of hydrogen-bond acceptors (Lipinski definition) is 2. The van der Waals surface area contributed by atoms with Crippen molar-refractivity contribution in [2.45, 2.75) is 12.8 Å². The molecular weight excluding hydrogens is 271 g/mol. The molecule has 2 rings (SSSR count). The maximum atomic E-state index is 11.8. The van der Waals surface area contributed by atoms with Gasteiger partial charge in [0.25, 0.3) is 0 Å².